The van der Waals surface area contributed by atoms with Crippen molar-refractivity contribution in [3.8, 4) is 0 Å². The molecule has 11 heavy (non-hydrogen) atoms. The summed E-state index contributed by atoms with van der Waals surface area (Å²) in [6.07, 6.45) is 4.61. The van der Waals surface area contributed by atoms with Crippen molar-refractivity contribution >= 4 is 5.78 Å². The maximum absolute atomic E-state index is 11.0. The summed E-state index contributed by atoms with van der Waals surface area (Å²) in [6.45, 7) is 1.62. The van der Waals surface area contributed by atoms with Crippen molar-refractivity contribution in [3.63, 3.8) is 0 Å². The average Bonchev–Trinajstić information content (AvgIpc) is 2.46. The van der Waals surface area contributed by atoms with Crippen LogP contribution in [0.15, 0.2) is 12.2 Å². The first-order valence-corrected chi connectivity index (χ1v) is 4.07. The normalized spacial score (nSPS) is 46.7. The maximum Gasteiger partial charge on any atom is 0.133 e. The Hall–Kier alpha value is -0.630. The summed E-state index contributed by atoms with van der Waals surface area (Å²) in [5.74, 6) is 0.701. The van der Waals surface area contributed by atoms with Gasteiger partial charge in [0.25, 0.3) is 0 Å². The van der Waals surface area contributed by atoms with Gasteiger partial charge in [-0.3, -0.25) is 4.79 Å². The van der Waals surface area contributed by atoms with Crippen molar-refractivity contribution in [1.82, 2.24) is 0 Å². The molecule has 4 atom stereocenters. The number of Topliss-reactive ketones (excluding diaryl/α,β-unsaturated/α-hetero) is 1. The first kappa shape index (κ1) is 7.04. The Morgan fingerprint density at radius 3 is 2.55 bits per heavy atom. The zero-order chi connectivity index (χ0) is 8.01. The van der Waals surface area contributed by atoms with E-state index in [9.17, 15) is 9.90 Å². The van der Waals surface area contributed by atoms with E-state index in [4.69, 9.17) is 0 Å². The van der Waals surface area contributed by atoms with Crippen LogP contribution in [0.5, 0.6) is 0 Å². The number of aliphatic hydroxyl groups excluding tert-OH is 1. The molecular formula is C9H12O2. The van der Waals surface area contributed by atoms with Crippen LogP contribution in [0.2, 0.25) is 0 Å². The Bertz CT molecular complexity index is 220. The first-order chi connectivity index (χ1) is 5.20. The second-order valence-corrected chi connectivity index (χ2v) is 3.57. The highest BCUT2D eigenvalue weighted by atomic mass is 16.3. The predicted molar refractivity (Wildman–Crippen MR) is 40.9 cm³/mol. The van der Waals surface area contributed by atoms with Gasteiger partial charge in [0.1, 0.15) is 5.78 Å². The molecule has 1 saturated carbocycles. The molecule has 0 amide bonds. The molecule has 0 aromatic heterocycles. The van der Waals surface area contributed by atoms with Gasteiger partial charge in [0.05, 0.1) is 6.10 Å². The van der Waals surface area contributed by atoms with Crippen LogP contribution in [0, 0.1) is 17.8 Å². The van der Waals surface area contributed by atoms with Gasteiger partial charge in [0, 0.05) is 17.8 Å². The van der Waals surface area contributed by atoms with E-state index in [0.29, 0.717) is 0 Å². The molecule has 4 unspecified atom stereocenters. The molecule has 2 aliphatic rings. The van der Waals surface area contributed by atoms with Gasteiger partial charge in [-0.15, -0.1) is 0 Å². The third-order valence-corrected chi connectivity index (χ3v) is 2.93. The second kappa shape index (κ2) is 2.18. The quantitative estimate of drug-likeness (QED) is 0.563. The zero-order valence-corrected chi connectivity index (χ0v) is 6.53. The van der Waals surface area contributed by atoms with Gasteiger partial charge in [-0.1, -0.05) is 12.2 Å². The summed E-state index contributed by atoms with van der Waals surface area (Å²) in [4.78, 5) is 11.0. The summed E-state index contributed by atoms with van der Waals surface area (Å²) < 4.78 is 0. The monoisotopic (exact) mass is 152 g/mol. The third-order valence-electron chi connectivity index (χ3n) is 2.93. The van der Waals surface area contributed by atoms with Gasteiger partial charge >= 0.3 is 0 Å². The minimum absolute atomic E-state index is 0.0972. The summed E-state index contributed by atoms with van der Waals surface area (Å²) in [6, 6.07) is 0. The molecule has 0 saturated heterocycles. The Labute approximate surface area is 65.9 Å². The van der Waals surface area contributed by atoms with Crippen LogP contribution in [-0.2, 0) is 4.79 Å². The molecule has 1 fully saturated rings. The lowest BCUT2D eigenvalue weighted by molar-refractivity contribution is -0.121. The minimum atomic E-state index is -0.274. The fraction of sp³-hybridized carbons (Fsp3) is 0.667. The highest BCUT2D eigenvalue weighted by Crippen LogP contribution is 2.43. The number of aliphatic hydroxyl groups is 1. The molecule has 0 aliphatic heterocycles. The molecule has 0 radical (unpaired) electrons. The topological polar surface area (TPSA) is 37.3 Å². The summed E-state index contributed by atoms with van der Waals surface area (Å²) in [5, 5.41) is 9.53. The second-order valence-electron chi connectivity index (χ2n) is 3.57. The van der Waals surface area contributed by atoms with E-state index < -0.39 is 0 Å². The van der Waals surface area contributed by atoms with Gasteiger partial charge in [-0.2, -0.15) is 0 Å². The Kier molecular flexibility index (Phi) is 1.39. The van der Waals surface area contributed by atoms with Crippen LogP contribution in [-0.4, -0.2) is 17.0 Å². The maximum atomic E-state index is 11.0. The van der Waals surface area contributed by atoms with Crippen LogP contribution in [0.25, 0.3) is 0 Å². The molecule has 2 nitrogen and oxygen atoms in total. The molecule has 2 aliphatic carbocycles. The van der Waals surface area contributed by atoms with E-state index >= 15 is 0 Å². The van der Waals surface area contributed by atoms with Crippen molar-refractivity contribution in [2.75, 3.05) is 0 Å². The number of ketones is 1. The molecule has 2 heteroatoms. The lowest BCUT2D eigenvalue weighted by Gasteiger charge is -2.13. The summed E-state index contributed by atoms with van der Waals surface area (Å²) in [7, 11) is 0. The molecule has 60 valence electrons. The first-order valence-electron chi connectivity index (χ1n) is 4.07. The Morgan fingerprint density at radius 1 is 1.55 bits per heavy atom. The SMILES string of the molecule is CC(=O)C1CC2C=CC1C2O. The van der Waals surface area contributed by atoms with Crippen molar-refractivity contribution in [3.05, 3.63) is 12.2 Å². The molecule has 2 bridgehead atoms. The van der Waals surface area contributed by atoms with Gasteiger partial charge in [-0.05, 0) is 13.3 Å². The molecule has 2 rings (SSSR count). The third kappa shape index (κ3) is 0.857. The molecule has 0 spiro atoms. The number of carbonyl (C=O) groups is 1. The highest BCUT2D eigenvalue weighted by Gasteiger charge is 2.45. The van der Waals surface area contributed by atoms with Crippen molar-refractivity contribution in [1.29, 1.82) is 0 Å². The van der Waals surface area contributed by atoms with Crippen LogP contribution >= 0.6 is 0 Å². The van der Waals surface area contributed by atoms with E-state index in [-0.39, 0.29) is 29.6 Å². The van der Waals surface area contributed by atoms with E-state index in [2.05, 4.69) is 0 Å². The standard InChI is InChI=1S/C9H12O2/c1-5(10)8-4-6-2-3-7(8)9(6)11/h2-3,6-9,11H,4H2,1H3. The molecule has 0 aromatic carbocycles. The Balaban J connectivity index is 2.21. The Morgan fingerprint density at radius 2 is 2.27 bits per heavy atom. The van der Waals surface area contributed by atoms with Crippen molar-refractivity contribution in [2.24, 2.45) is 17.8 Å². The smallest absolute Gasteiger partial charge is 0.133 e. The van der Waals surface area contributed by atoms with Gasteiger partial charge in [0.2, 0.25) is 0 Å². The van der Waals surface area contributed by atoms with E-state index in [1.807, 2.05) is 12.2 Å². The average molecular weight is 152 g/mol. The summed E-state index contributed by atoms with van der Waals surface area (Å²) >= 11 is 0. The number of rotatable bonds is 1. The molecular weight excluding hydrogens is 140 g/mol. The lowest BCUT2D eigenvalue weighted by atomic mass is 9.90. The number of hydrogen-bond donors (Lipinski definition) is 1. The summed E-state index contributed by atoms with van der Waals surface area (Å²) in [5.41, 5.74) is 0. The molecule has 1 N–H and O–H groups in total. The van der Waals surface area contributed by atoms with Crippen molar-refractivity contribution < 1.29 is 9.90 Å². The van der Waals surface area contributed by atoms with Crippen LogP contribution in [0.1, 0.15) is 13.3 Å². The lowest BCUT2D eigenvalue weighted by Crippen LogP contribution is -2.20. The van der Waals surface area contributed by atoms with E-state index in [0.717, 1.165) is 6.42 Å². The van der Waals surface area contributed by atoms with Crippen LogP contribution < -0.4 is 0 Å². The van der Waals surface area contributed by atoms with E-state index in [1.54, 1.807) is 6.92 Å². The largest absolute Gasteiger partial charge is 0.392 e. The predicted octanol–water partition coefficient (Wildman–Crippen LogP) is 0.758. The minimum Gasteiger partial charge on any atom is -0.392 e. The number of carbonyl (C=O) groups excluding carboxylic acids is 1. The number of fused-ring (bicyclic) bond motifs is 2. The van der Waals surface area contributed by atoms with Gasteiger partial charge in [-0.25, -0.2) is 0 Å². The fourth-order valence-corrected chi connectivity index (χ4v) is 2.26. The van der Waals surface area contributed by atoms with Crippen molar-refractivity contribution in [2.45, 2.75) is 19.4 Å². The highest BCUT2D eigenvalue weighted by molar-refractivity contribution is 5.79. The molecule has 0 heterocycles. The fourth-order valence-electron chi connectivity index (χ4n) is 2.26. The van der Waals surface area contributed by atoms with Gasteiger partial charge < -0.3 is 5.11 Å². The van der Waals surface area contributed by atoms with Crippen LogP contribution in [0.4, 0.5) is 0 Å². The van der Waals surface area contributed by atoms with Gasteiger partial charge in [0.15, 0.2) is 0 Å². The van der Waals surface area contributed by atoms with Crippen LogP contribution in [0.3, 0.4) is 0 Å². The number of hydrogen-bond acceptors (Lipinski definition) is 2. The molecule has 0 aromatic rings. The van der Waals surface area contributed by atoms with E-state index in [1.165, 1.54) is 0 Å². The zero-order valence-electron chi connectivity index (χ0n) is 6.53.